The average molecular weight is 556 g/mol. The Hall–Kier alpha value is -3.49. The number of amides is 2. The molecule has 7 nitrogen and oxygen atoms in total. The number of rotatable bonds is 11. The number of urea groups is 1. The summed E-state index contributed by atoms with van der Waals surface area (Å²) in [5, 5.41) is 15.4. The molecule has 1 heterocycles. The SMILES string of the molecule is C=CCN(C[C@H]1C[C@@H](c2ccc(CO)cc2)O[C@@H](c2cccc(NC(=O)NCc3ccccc3)c2)O1)C1CCCC1. The highest BCUT2D eigenvalue weighted by atomic mass is 16.7. The minimum Gasteiger partial charge on any atom is -0.392 e. The fourth-order valence-electron chi connectivity index (χ4n) is 5.82. The van der Waals surface area contributed by atoms with E-state index in [0.717, 1.165) is 41.8 Å². The van der Waals surface area contributed by atoms with Crippen LogP contribution in [0.3, 0.4) is 0 Å². The first kappa shape index (κ1) is 29.0. The number of anilines is 1. The summed E-state index contributed by atoms with van der Waals surface area (Å²) in [7, 11) is 0. The highest BCUT2D eigenvalue weighted by molar-refractivity contribution is 5.89. The van der Waals surface area contributed by atoms with Crippen molar-refractivity contribution in [3.63, 3.8) is 0 Å². The lowest BCUT2D eigenvalue weighted by Gasteiger charge is -2.39. The van der Waals surface area contributed by atoms with E-state index in [-0.39, 0.29) is 24.8 Å². The zero-order valence-corrected chi connectivity index (χ0v) is 23.6. The summed E-state index contributed by atoms with van der Waals surface area (Å²) >= 11 is 0. The van der Waals surface area contributed by atoms with Crippen molar-refractivity contribution in [3.8, 4) is 0 Å². The average Bonchev–Trinajstić information content (AvgIpc) is 3.56. The van der Waals surface area contributed by atoms with Crippen LogP contribution in [0.5, 0.6) is 0 Å². The topological polar surface area (TPSA) is 83.1 Å². The monoisotopic (exact) mass is 555 g/mol. The van der Waals surface area contributed by atoms with Gasteiger partial charge in [0, 0.05) is 43.3 Å². The van der Waals surface area contributed by atoms with Gasteiger partial charge in [0.2, 0.25) is 0 Å². The molecule has 1 aliphatic carbocycles. The maximum absolute atomic E-state index is 12.6. The second kappa shape index (κ2) is 14.4. The van der Waals surface area contributed by atoms with Crippen molar-refractivity contribution < 1.29 is 19.4 Å². The Morgan fingerprint density at radius 1 is 0.951 bits per heavy atom. The Morgan fingerprint density at radius 2 is 1.73 bits per heavy atom. The molecule has 216 valence electrons. The fourth-order valence-corrected chi connectivity index (χ4v) is 5.82. The second-order valence-electron chi connectivity index (χ2n) is 10.9. The minimum absolute atomic E-state index is 0.0107. The summed E-state index contributed by atoms with van der Waals surface area (Å²) in [6.07, 6.45) is 6.91. The molecule has 0 unspecified atom stereocenters. The van der Waals surface area contributed by atoms with Gasteiger partial charge in [0.25, 0.3) is 0 Å². The smallest absolute Gasteiger partial charge is 0.319 e. The molecule has 1 saturated heterocycles. The maximum Gasteiger partial charge on any atom is 0.319 e. The van der Waals surface area contributed by atoms with Gasteiger partial charge >= 0.3 is 6.03 Å². The molecule has 2 aliphatic rings. The number of carbonyl (C=O) groups excluding carboxylic acids is 1. The van der Waals surface area contributed by atoms with Crippen LogP contribution in [0.4, 0.5) is 10.5 Å². The number of aliphatic hydroxyl groups excluding tert-OH is 1. The van der Waals surface area contributed by atoms with Gasteiger partial charge in [-0.2, -0.15) is 0 Å². The first-order valence-electron chi connectivity index (χ1n) is 14.7. The molecule has 41 heavy (non-hydrogen) atoms. The van der Waals surface area contributed by atoms with E-state index < -0.39 is 6.29 Å². The predicted octanol–water partition coefficient (Wildman–Crippen LogP) is 6.48. The lowest BCUT2D eigenvalue weighted by Crippen LogP contribution is -2.43. The second-order valence-corrected chi connectivity index (χ2v) is 10.9. The fraction of sp³-hybridized carbons (Fsp3) is 0.382. The largest absolute Gasteiger partial charge is 0.392 e. The summed E-state index contributed by atoms with van der Waals surface area (Å²) in [4.78, 5) is 15.1. The molecule has 1 saturated carbocycles. The summed E-state index contributed by atoms with van der Waals surface area (Å²) in [5.41, 5.74) is 4.49. The van der Waals surface area contributed by atoms with Gasteiger partial charge in [-0.25, -0.2) is 4.79 Å². The molecule has 3 atom stereocenters. The highest BCUT2D eigenvalue weighted by Gasteiger charge is 2.34. The molecular formula is C34H41N3O4. The molecule has 0 aromatic heterocycles. The van der Waals surface area contributed by atoms with Crippen LogP contribution in [-0.4, -0.2) is 41.3 Å². The third kappa shape index (κ3) is 8.05. The Balaban J connectivity index is 1.31. The van der Waals surface area contributed by atoms with Crippen molar-refractivity contribution in [2.45, 2.75) is 69.8 Å². The number of nitrogens with one attached hydrogen (secondary N) is 2. The number of hydrogen-bond acceptors (Lipinski definition) is 5. The van der Waals surface area contributed by atoms with Gasteiger partial charge < -0.3 is 25.2 Å². The minimum atomic E-state index is -0.584. The number of aliphatic hydroxyl groups is 1. The van der Waals surface area contributed by atoms with E-state index in [0.29, 0.717) is 18.3 Å². The standard InChI is InChI=1S/C34H41N3O4/c1-2-19-37(30-13-6-7-14-30)23-31-21-32(27-17-15-26(24-38)16-18-27)41-33(40-31)28-11-8-12-29(20-28)36-34(39)35-22-25-9-4-3-5-10-25/h2-5,8-12,15-18,20,30-33,38H,1,6-7,13-14,19,21-24H2,(H2,35,36,39)/t31-,32+,33+/m1/s1. The van der Waals surface area contributed by atoms with Crippen LogP contribution >= 0.6 is 0 Å². The third-order valence-electron chi connectivity index (χ3n) is 7.97. The van der Waals surface area contributed by atoms with Gasteiger partial charge in [-0.15, -0.1) is 6.58 Å². The maximum atomic E-state index is 12.6. The van der Waals surface area contributed by atoms with Crippen molar-refractivity contribution in [1.82, 2.24) is 10.2 Å². The molecular weight excluding hydrogens is 514 g/mol. The van der Waals surface area contributed by atoms with Gasteiger partial charge in [0.05, 0.1) is 18.8 Å². The molecule has 0 radical (unpaired) electrons. The first-order chi connectivity index (χ1) is 20.1. The summed E-state index contributed by atoms with van der Waals surface area (Å²) in [5.74, 6) is 0. The van der Waals surface area contributed by atoms with E-state index in [9.17, 15) is 9.90 Å². The summed E-state index contributed by atoms with van der Waals surface area (Å²) in [6.45, 7) is 6.10. The molecule has 3 aromatic carbocycles. The molecule has 2 fully saturated rings. The van der Waals surface area contributed by atoms with E-state index in [1.807, 2.05) is 84.9 Å². The van der Waals surface area contributed by atoms with Crippen LogP contribution < -0.4 is 10.6 Å². The number of hydrogen-bond donors (Lipinski definition) is 3. The van der Waals surface area contributed by atoms with Crippen molar-refractivity contribution >= 4 is 11.7 Å². The van der Waals surface area contributed by atoms with Crippen LogP contribution in [-0.2, 0) is 22.6 Å². The summed E-state index contributed by atoms with van der Waals surface area (Å²) in [6, 6.07) is 25.7. The van der Waals surface area contributed by atoms with Crippen LogP contribution in [0, 0.1) is 0 Å². The lowest BCUT2D eigenvalue weighted by atomic mass is 9.99. The molecule has 5 rings (SSSR count). The van der Waals surface area contributed by atoms with E-state index in [2.05, 4.69) is 22.1 Å². The quantitative estimate of drug-likeness (QED) is 0.236. The predicted molar refractivity (Wildman–Crippen MR) is 161 cm³/mol. The molecule has 0 spiro atoms. The van der Waals surface area contributed by atoms with Crippen molar-refractivity contribution in [2.24, 2.45) is 0 Å². The van der Waals surface area contributed by atoms with Crippen molar-refractivity contribution in [2.75, 3.05) is 18.4 Å². The lowest BCUT2D eigenvalue weighted by molar-refractivity contribution is -0.253. The third-order valence-corrected chi connectivity index (χ3v) is 7.97. The Kier molecular flexibility index (Phi) is 10.2. The summed E-state index contributed by atoms with van der Waals surface area (Å²) < 4.78 is 13.1. The van der Waals surface area contributed by atoms with E-state index >= 15 is 0 Å². The molecule has 2 amide bonds. The Morgan fingerprint density at radius 3 is 2.46 bits per heavy atom. The molecule has 3 aromatic rings. The van der Waals surface area contributed by atoms with Crippen LogP contribution in [0.15, 0.2) is 91.5 Å². The zero-order valence-electron chi connectivity index (χ0n) is 23.6. The number of benzene rings is 3. The van der Waals surface area contributed by atoms with Crippen LogP contribution in [0.25, 0.3) is 0 Å². The van der Waals surface area contributed by atoms with Gasteiger partial charge in [-0.05, 0) is 41.7 Å². The van der Waals surface area contributed by atoms with Gasteiger partial charge in [0.15, 0.2) is 6.29 Å². The zero-order chi connectivity index (χ0) is 28.4. The van der Waals surface area contributed by atoms with E-state index in [4.69, 9.17) is 9.47 Å². The van der Waals surface area contributed by atoms with E-state index in [1.54, 1.807) is 0 Å². The Labute approximate surface area is 243 Å². The highest BCUT2D eigenvalue weighted by Crippen LogP contribution is 2.39. The van der Waals surface area contributed by atoms with Gasteiger partial charge in [-0.3, -0.25) is 4.90 Å². The first-order valence-corrected chi connectivity index (χ1v) is 14.7. The van der Waals surface area contributed by atoms with Crippen LogP contribution in [0.2, 0.25) is 0 Å². The molecule has 7 heteroatoms. The Bertz CT molecular complexity index is 1260. The normalized spacial score (nSPS) is 21.1. The van der Waals surface area contributed by atoms with Crippen molar-refractivity contribution in [1.29, 1.82) is 0 Å². The molecule has 1 aliphatic heterocycles. The number of carbonyl (C=O) groups is 1. The van der Waals surface area contributed by atoms with E-state index in [1.165, 1.54) is 25.7 Å². The van der Waals surface area contributed by atoms with Gasteiger partial charge in [0.1, 0.15) is 0 Å². The molecule has 0 bridgehead atoms. The van der Waals surface area contributed by atoms with Crippen LogP contribution in [0.1, 0.15) is 66.8 Å². The number of ether oxygens (including phenoxy) is 2. The number of nitrogens with zero attached hydrogens (tertiary/aromatic N) is 1. The molecule has 3 N–H and O–H groups in total. The van der Waals surface area contributed by atoms with Gasteiger partial charge in [-0.1, -0.05) is 85.6 Å². The van der Waals surface area contributed by atoms with Crippen molar-refractivity contribution in [3.05, 3.63) is 114 Å².